The third-order valence-electron chi connectivity index (χ3n) is 3.63. The highest BCUT2D eigenvalue weighted by Crippen LogP contribution is 2.55. The topological polar surface area (TPSA) is 99.7 Å². The van der Waals surface area contributed by atoms with Crippen LogP contribution in [0, 0.1) is 24.7 Å². The smallest absolute Gasteiger partial charge is 0.161 e. The lowest BCUT2D eigenvalue weighted by Crippen LogP contribution is -2.44. The van der Waals surface area contributed by atoms with Gasteiger partial charge in [0.15, 0.2) is 10.3 Å². The van der Waals surface area contributed by atoms with E-state index in [1.54, 1.807) is 0 Å². The Hall–Kier alpha value is -1.70. The van der Waals surface area contributed by atoms with Crippen LogP contribution < -0.4 is 11.5 Å². The van der Waals surface area contributed by atoms with Crippen molar-refractivity contribution in [2.24, 2.45) is 11.5 Å². The molecule has 2 aromatic rings. The molecular formula is C16H20N4S3. The van der Waals surface area contributed by atoms with Crippen LogP contribution in [0.1, 0.15) is 11.1 Å². The molecule has 0 aliphatic heterocycles. The lowest BCUT2D eigenvalue weighted by atomic mass is 10.2. The molecule has 122 valence electrons. The number of amidine groups is 2. The number of hydrogen-bond donors (Lipinski definition) is 4. The average Bonchev–Trinajstić information content (AvgIpc) is 2.47. The average molecular weight is 365 g/mol. The number of nitrogens with two attached hydrogens (primary N) is 2. The number of hydrogen-bond acceptors (Lipinski definition) is 4. The standard InChI is InChI=1S/C16H20N4S3/c1-11-7-3-5-9-13(11)23(21,16(19)20,22-15(17)18)14-10-6-4-8-12(14)2/h3-10H,1-2H3,(H3,17,18)(H3,19,20). The Morgan fingerprint density at radius 3 is 1.61 bits per heavy atom. The van der Waals surface area contributed by atoms with Gasteiger partial charge in [0, 0.05) is 9.79 Å². The van der Waals surface area contributed by atoms with E-state index < -0.39 is 6.75 Å². The van der Waals surface area contributed by atoms with Crippen molar-refractivity contribution >= 4 is 39.1 Å². The molecule has 0 saturated heterocycles. The Labute approximate surface area is 144 Å². The van der Waals surface area contributed by atoms with Crippen LogP contribution in [0.25, 0.3) is 0 Å². The lowest BCUT2D eigenvalue weighted by Gasteiger charge is -2.45. The summed E-state index contributed by atoms with van der Waals surface area (Å²) in [6.45, 7) is 0.436. The first kappa shape index (κ1) is 17.7. The van der Waals surface area contributed by atoms with E-state index in [2.05, 4.69) is 0 Å². The van der Waals surface area contributed by atoms with E-state index in [-0.39, 0.29) is 10.3 Å². The van der Waals surface area contributed by atoms with E-state index in [1.807, 2.05) is 62.4 Å². The highest BCUT2D eigenvalue weighted by atomic mass is 33.4. The Morgan fingerprint density at radius 2 is 1.30 bits per heavy atom. The number of nitrogens with one attached hydrogen (secondary N) is 2. The van der Waals surface area contributed by atoms with Crippen molar-refractivity contribution in [1.29, 1.82) is 10.8 Å². The Bertz CT molecular complexity index is 808. The molecule has 0 amide bonds. The van der Waals surface area contributed by atoms with E-state index in [4.69, 9.17) is 33.5 Å². The van der Waals surface area contributed by atoms with Crippen molar-refractivity contribution in [3.8, 4) is 0 Å². The SMILES string of the molecule is Cc1ccccc1S(=S)(SC(=N)N)(C(=N)N)c1ccccc1C. The highest BCUT2D eigenvalue weighted by Gasteiger charge is 2.44. The molecule has 4 nitrogen and oxygen atoms in total. The zero-order valence-electron chi connectivity index (χ0n) is 13.0. The molecule has 0 aromatic heterocycles. The number of benzene rings is 2. The van der Waals surface area contributed by atoms with Gasteiger partial charge in [0.1, 0.15) is 0 Å². The van der Waals surface area contributed by atoms with Gasteiger partial charge in [-0.1, -0.05) is 36.4 Å². The Balaban J connectivity index is 3.04. The molecule has 2 aromatic carbocycles. The summed E-state index contributed by atoms with van der Waals surface area (Å²) >= 11 is 6.18. The van der Waals surface area contributed by atoms with Gasteiger partial charge in [-0.2, -0.15) is 0 Å². The van der Waals surface area contributed by atoms with Gasteiger partial charge in [-0.05, 0) is 65.8 Å². The molecule has 0 bridgehead atoms. The Kier molecular flexibility index (Phi) is 4.66. The number of aryl methyl sites for hydroxylation is 2. The van der Waals surface area contributed by atoms with Crippen molar-refractivity contribution in [3.63, 3.8) is 0 Å². The third kappa shape index (κ3) is 2.69. The minimum atomic E-state index is -3.45. The molecule has 2 rings (SSSR count). The van der Waals surface area contributed by atoms with Crippen LogP contribution in [0.5, 0.6) is 0 Å². The van der Waals surface area contributed by atoms with Crippen molar-refractivity contribution in [2.45, 2.75) is 23.6 Å². The fourth-order valence-electron chi connectivity index (χ4n) is 2.61. The molecule has 0 saturated carbocycles. The van der Waals surface area contributed by atoms with Crippen LogP contribution in [-0.4, -0.2) is 10.3 Å². The fraction of sp³-hybridized carbons (Fsp3) is 0.125. The summed E-state index contributed by atoms with van der Waals surface area (Å²) in [7, 11) is 1.03. The van der Waals surface area contributed by atoms with Crippen molar-refractivity contribution in [1.82, 2.24) is 0 Å². The van der Waals surface area contributed by atoms with Gasteiger partial charge in [0.2, 0.25) is 0 Å². The van der Waals surface area contributed by atoms with Gasteiger partial charge in [0.05, 0.1) is 0 Å². The zero-order chi connectivity index (χ0) is 17.3. The quantitative estimate of drug-likeness (QED) is 0.373. The molecule has 23 heavy (non-hydrogen) atoms. The highest BCUT2D eigenvalue weighted by molar-refractivity contribution is 9.07. The number of rotatable bonds is 2. The third-order valence-corrected chi connectivity index (χ3v) is 12.8. The zero-order valence-corrected chi connectivity index (χ0v) is 15.4. The molecule has 0 radical (unpaired) electrons. The monoisotopic (exact) mass is 364 g/mol. The normalized spacial score (nSPS) is 13.0. The minimum absolute atomic E-state index is 0.124. The molecule has 7 heteroatoms. The van der Waals surface area contributed by atoms with Gasteiger partial charge in [-0.3, -0.25) is 10.8 Å². The molecule has 0 fully saturated rings. The second kappa shape index (κ2) is 6.07. The van der Waals surface area contributed by atoms with Crippen LogP contribution in [0.2, 0.25) is 0 Å². The summed E-state index contributed by atoms with van der Waals surface area (Å²) in [6, 6.07) is 15.3. The minimum Gasteiger partial charge on any atom is -0.379 e. The summed E-state index contributed by atoms with van der Waals surface area (Å²) in [5.74, 6) is 0. The van der Waals surface area contributed by atoms with E-state index >= 15 is 0 Å². The molecule has 0 heterocycles. The fourth-order valence-corrected chi connectivity index (χ4v) is 10.6. The summed E-state index contributed by atoms with van der Waals surface area (Å²) in [5, 5.41) is 16.0. The maximum atomic E-state index is 8.41. The van der Waals surface area contributed by atoms with E-state index in [1.165, 1.54) is 0 Å². The van der Waals surface area contributed by atoms with E-state index in [0.717, 1.165) is 31.7 Å². The summed E-state index contributed by atoms with van der Waals surface area (Å²) in [6.07, 6.45) is 0. The largest absolute Gasteiger partial charge is 0.379 e. The van der Waals surface area contributed by atoms with Crippen molar-refractivity contribution in [3.05, 3.63) is 59.7 Å². The first-order chi connectivity index (χ1) is 10.7. The van der Waals surface area contributed by atoms with Gasteiger partial charge >= 0.3 is 0 Å². The molecule has 0 unspecified atom stereocenters. The van der Waals surface area contributed by atoms with Crippen LogP contribution >= 0.6 is 10.8 Å². The van der Waals surface area contributed by atoms with Crippen LogP contribution in [-0.2, 0) is 17.9 Å². The Morgan fingerprint density at radius 1 is 0.913 bits per heavy atom. The van der Waals surface area contributed by atoms with Crippen molar-refractivity contribution < 1.29 is 0 Å². The molecular weight excluding hydrogens is 344 g/mol. The molecule has 0 spiro atoms. The van der Waals surface area contributed by atoms with E-state index in [9.17, 15) is 0 Å². The van der Waals surface area contributed by atoms with Crippen molar-refractivity contribution in [2.75, 3.05) is 0 Å². The summed E-state index contributed by atoms with van der Waals surface area (Å²) in [5.41, 5.74) is 13.7. The summed E-state index contributed by atoms with van der Waals surface area (Å²) in [4.78, 5) is 1.59. The first-order valence-electron chi connectivity index (χ1n) is 6.88. The van der Waals surface area contributed by atoms with Gasteiger partial charge in [-0.25, -0.2) is 0 Å². The second-order valence-corrected chi connectivity index (χ2v) is 14.0. The van der Waals surface area contributed by atoms with Gasteiger partial charge in [-0.15, -0.1) is 0 Å². The second-order valence-electron chi connectivity index (χ2n) is 5.22. The molecule has 0 aliphatic rings. The predicted octanol–water partition coefficient (Wildman–Crippen LogP) is 3.31. The maximum absolute atomic E-state index is 8.41. The molecule has 6 N–H and O–H groups in total. The van der Waals surface area contributed by atoms with Crippen LogP contribution in [0.15, 0.2) is 58.3 Å². The molecule has 0 atom stereocenters. The molecule has 0 aliphatic carbocycles. The van der Waals surface area contributed by atoms with Gasteiger partial charge < -0.3 is 11.5 Å². The van der Waals surface area contributed by atoms with Crippen LogP contribution in [0.4, 0.5) is 0 Å². The predicted molar refractivity (Wildman–Crippen MR) is 105 cm³/mol. The van der Waals surface area contributed by atoms with Gasteiger partial charge in [0.25, 0.3) is 0 Å². The van der Waals surface area contributed by atoms with E-state index in [0.29, 0.717) is 0 Å². The summed E-state index contributed by atoms with van der Waals surface area (Å²) < 4.78 is 0. The lowest BCUT2D eigenvalue weighted by molar-refractivity contribution is 1.24. The maximum Gasteiger partial charge on any atom is 0.161 e. The first-order valence-corrected chi connectivity index (χ1v) is 11.2. The van der Waals surface area contributed by atoms with Crippen LogP contribution in [0.3, 0.4) is 0 Å².